The summed E-state index contributed by atoms with van der Waals surface area (Å²) in [7, 11) is 0. The lowest BCUT2D eigenvalue weighted by atomic mass is 9.95. The van der Waals surface area contributed by atoms with Gasteiger partial charge in [-0.15, -0.1) is 11.3 Å². The molecule has 166 valence electrons. The Balaban J connectivity index is 1.32. The summed E-state index contributed by atoms with van der Waals surface area (Å²) < 4.78 is 28.0. The van der Waals surface area contributed by atoms with Gasteiger partial charge in [-0.3, -0.25) is 14.5 Å². The van der Waals surface area contributed by atoms with Crippen molar-refractivity contribution in [2.45, 2.75) is 38.3 Å². The van der Waals surface area contributed by atoms with Crippen LogP contribution in [0.5, 0.6) is 0 Å². The molecule has 2 aliphatic heterocycles. The van der Waals surface area contributed by atoms with E-state index in [1.807, 2.05) is 22.4 Å². The Morgan fingerprint density at radius 1 is 1.03 bits per heavy atom. The fraction of sp³-hybridized carbons (Fsp3) is 0.478. The number of carbonyl (C=O) groups is 2. The largest absolute Gasteiger partial charge is 0.352 e. The monoisotopic (exact) mass is 447 g/mol. The zero-order valence-corrected chi connectivity index (χ0v) is 18.2. The number of thiophene rings is 1. The minimum absolute atomic E-state index is 0.0109. The summed E-state index contributed by atoms with van der Waals surface area (Å²) in [5.74, 6) is -1.35. The molecule has 2 amide bonds. The van der Waals surface area contributed by atoms with Gasteiger partial charge in [0.05, 0.1) is 10.8 Å². The number of piperidine rings is 2. The Bertz CT molecular complexity index is 901. The van der Waals surface area contributed by atoms with Crippen LogP contribution in [0.15, 0.2) is 35.7 Å². The Morgan fingerprint density at radius 2 is 1.81 bits per heavy atom. The molecule has 0 aliphatic carbocycles. The van der Waals surface area contributed by atoms with E-state index in [9.17, 15) is 18.4 Å². The molecule has 2 aliphatic rings. The van der Waals surface area contributed by atoms with Crippen molar-refractivity contribution in [3.05, 3.63) is 57.8 Å². The molecule has 8 heteroatoms. The van der Waals surface area contributed by atoms with Gasteiger partial charge in [0.25, 0.3) is 5.91 Å². The second-order valence-electron chi connectivity index (χ2n) is 8.35. The fourth-order valence-corrected chi connectivity index (χ4v) is 5.17. The standard InChI is InChI=1S/C23H27F2N3O2S/c24-19-7-1-8-20(25)18(19)15-27-10-3-6-17(14-27)26-22(29)16-5-2-11-28(13-16)23(30)21-9-4-12-31-21/h1,4,7-9,12,16-17H,2-3,5-6,10-11,13-15H2,(H,26,29). The summed E-state index contributed by atoms with van der Waals surface area (Å²) in [6.45, 7) is 2.60. The predicted molar refractivity (Wildman–Crippen MR) is 116 cm³/mol. The summed E-state index contributed by atoms with van der Waals surface area (Å²) >= 11 is 1.41. The molecule has 31 heavy (non-hydrogen) atoms. The third-order valence-corrected chi connectivity index (χ3v) is 6.96. The fourth-order valence-electron chi connectivity index (χ4n) is 4.47. The van der Waals surface area contributed by atoms with Crippen LogP contribution >= 0.6 is 11.3 Å². The Kier molecular flexibility index (Phi) is 6.97. The third kappa shape index (κ3) is 5.30. The lowest BCUT2D eigenvalue weighted by Crippen LogP contribution is -2.51. The Hall–Kier alpha value is -2.32. The van der Waals surface area contributed by atoms with Gasteiger partial charge >= 0.3 is 0 Å². The number of carbonyl (C=O) groups excluding carboxylic acids is 2. The smallest absolute Gasteiger partial charge is 0.263 e. The zero-order valence-electron chi connectivity index (χ0n) is 17.4. The minimum atomic E-state index is -0.538. The lowest BCUT2D eigenvalue weighted by Gasteiger charge is -2.36. The van der Waals surface area contributed by atoms with E-state index < -0.39 is 11.6 Å². The quantitative estimate of drug-likeness (QED) is 0.761. The van der Waals surface area contributed by atoms with E-state index in [0.717, 1.165) is 32.2 Å². The molecule has 0 radical (unpaired) electrons. The summed E-state index contributed by atoms with van der Waals surface area (Å²) in [6.07, 6.45) is 3.26. The maximum atomic E-state index is 14.0. The highest BCUT2D eigenvalue weighted by atomic mass is 32.1. The van der Waals surface area contributed by atoms with Gasteiger partial charge in [0, 0.05) is 37.8 Å². The molecule has 1 aromatic heterocycles. The summed E-state index contributed by atoms with van der Waals surface area (Å²) in [5, 5.41) is 5.00. The second-order valence-corrected chi connectivity index (χ2v) is 9.30. The van der Waals surface area contributed by atoms with Crippen molar-refractivity contribution in [3.8, 4) is 0 Å². The van der Waals surface area contributed by atoms with Crippen LogP contribution in [-0.4, -0.2) is 53.8 Å². The van der Waals surface area contributed by atoms with Crippen LogP contribution in [0, 0.1) is 17.6 Å². The van der Waals surface area contributed by atoms with Gasteiger partial charge in [0.2, 0.25) is 5.91 Å². The van der Waals surface area contributed by atoms with E-state index in [1.165, 1.54) is 29.5 Å². The molecule has 2 aromatic rings. The molecule has 2 unspecified atom stereocenters. The molecule has 5 nitrogen and oxygen atoms in total. The minimum Gasteiger partial charge on any atom is -0.352 e. The van der Waals surface area contributed by atoms with Crippen molar-refractivity contribution in [1.82, 2.24) is 15.1 Å². The highest BCUT2D eigenvalue weighted by Crippen LogP contribution is 2.22. The van der Waals surface area contributed by atoms with Crippen molar-refractivity contribution in [1.29, 1.82) is 0 Å². The van der Waals surface area contributed by atoms with Gasteiger partial charge < -0.3 is 10.2 Å². The first-order valence-corrected chi connectivity index (χ1v) is 11.7. The number of halogens is 2. The number of rotatable bonds is 5. The van der Waals surface area contributed by atoms with Crippen molar-refractivity contribution < 1.29 is 18.4 Å². The number of benzene rings is 1. The van der Waals surface area contributed by atoms with Gasteiger partial charge in [-0.2, -0.15) is 0 Å². The molecule has 2 saturated heterocycles. The van der Waals surface area contributed by atoms with Crippen LogP contribution in [0.1, 0.15) is 40.9 Å². The highest BCUT2D eigenvalue weighted by Gasteiger charge is 2.31. The van der Waals surface area contributed by atoms with Crippen molar-refractivity contribution in [3.63, 3.8) is 0 Å². The number of hydrogen-bond acceptors (Lipinski definition) is 4. The van der Waals surface area contributed by atoms with Gasteiger partial charge in [-0.05, 0) is 55.8 Å². The van der Waals surface area contributed by atoms with Gasteiger partial charge in [0.15, 0.2) is 0 Å². The first-order chi connectivity index (χ1) is 15.0. The summed E-state index contributed by atoms with van der Waals surface area (Å²) in [6, 6.07) is 7.52. The first-order valence-electron chi connectivity index (χ1n) is 10.8. The lowest BCUT2D eigenvalue weighted by molar-refractivity contribution is -0.127. The normalized spacial score (nSPS) is 22.3. The van der Waals surface area contributed by atoms with Crippen molar-refractivity contribution >= 4 is 23.2 Å². The van der Waals surface area contributed by atoms with Gasteiger partial charge in [-0.1, -0.05) is 12.1 Å². The SMILES string of the molecule is O=C(NC1CCCN(Cc2c(F)cccc2F)C1)C1CCCN(C(=O)c2cccs2)C1. The molecule has 4 rings (SSSR count). The van der Waals surface area contributed by atoms with E-state index in [1.54, 1.807) is 4.90 Å². The topological polar surface area (TPSA) is 52.7 Å². The molecule has 1 N–H and O–H groups in total. The Labute approximate surface area is 185 Å². The molecule has 0 saturated carbocycles. The summed E-state index contributed by atoms with van der Waals surface area (Å²) in [5.41, 5.74) is 0.0736. The van der Waals surface area contributed by atoms with Crippen LogP contribution < -0.4 is 5.32 Å². The molecule has 1 aromatic carbocycles. The number of nitrogens with zero attached hydrogens (tertiary/aromatic N) is 2. The molecule has 2 fully saturated rings. The first kappa shape index (κ1) is 21.9. The zero-order chi connectivity index (χ0) is 21.8. The van der Waals surface area contributed by atoms with Crippen LogP contribution in [0.25, 0.3) is 0 Å². The predicted octanol–water partition coefficient (Wildman–Crippen LogP) is 3.66. The Morgan fingerprint density at radius 3 is 2.55 bits per heavy atom. The average molecular weight is 448 g/mol. The number of amides is 2. The van der Waals surface area contributed by atoms with Crippen molar-refractivity contribution in [2.75, 3.05) is 26.2 Å². The van der Waals surface area contributed by atoms with Crippen LogP contribution in [0.2, 0.25) is 0 Å². The molecule has 0 bridgehead atoms. The molecule has 3 heterocycles. The van der Waals surface area contributed by atoms with E-state index in [4.69, 9.17) is 0 Å². The average Bonchev–Trinajstić information content (AvgIpc) is 3.31. The maximum Gasteiger partial charge on any atom is 0.263 e. The van der Waals surface area contributed by atoms with Crippen LogP contribution in [-0.2, 0) is 11.3 Å². The molecule has 0 spiro atoms. The van der Waals surface area contributed by atoms with E-state index >= 15 is 0 Å². The van der Waals surface area contributed by atoms with E-state index in [-0.39, 0.29) is 35.9 Å². The summed E-state index contributed by atoms with van der Waals surface area (Å²) in [4.78, 5) is 30.0. The van der Waals surface area contributed by atoms with E-state index in [0.29, 0.717) is 24.5 Å². The van der Waals surface area contributed by atoms with Gasteiger partial charge in [-0.25, -0.2) is 8.78 Å². The molecule has 2 atom stereocenters. The number of likely N-dealkylation sites (tertiary alicyclic amines) is 2. The van der Waals surface area contributed by atoms with Crippen LogP contribution in [0.3, 0.4) is 0 Å². The number of nitrogens with one attached hydrogen (secondary N) is 1. The number of hydrogen-bond donors (Lipinski definition) is 1. The van der Waals surface area contributed by atoms with E-state index in [2.05, 4.69) is 5.32 Å². The third-order valence-electron chi connectivity index (χ3n) is 6.11. The van der Waals surface area contributed by atoms with Crippen LogP contribution in [0.4, 0.5) is 8.78 Å². The molecular weight excluding hydrogens is 420 g/mol. The van der Waals surface area contributed by atoms with Crippen molar-refractivity contribution in [2.24, 2.45) is 5.92 Å². The highest BCUT2D eigenvalue weighted by molar-refractivity contribution is 7.12. The van der Waals surface area contributed by atoms with Gasteiger partial charge in [0.1, 0.15) is 11.6 Å². The maximum absolute atomic E-state index is 14.0. The molecular formula is C23H27F2N3O2S. The second kappa shape index (κ2) is 9.87.